The summed E-state index contributed by atoms with van der Waals surface area (Å²) in [6.07, 6.45) is 1.70. The van der Waals surface area contributed by atoms with E-state index in [1.165, 1.54) is 37.2 Å². The van der Waals surface area contributed by atoms with Gasteiger partial charge < -0.3 is 18.9 Å². The number of fused-ring (bicyclic) bond motifs is 1. The second-order valence-electron chi connectivity index (χ2n) is 7.90. The minimum Gasteiger partial charge on any atom is -0.493 e. The highest BCUT2D eigenvalue weighted by atomic mass is 35.5. The lowest BCUT2D eigenvalue weighted by atomic mass is 9.96. The van der Waals surface area contributed by atoms with E-state index in [-0.39, 0.29) is 22.8 Å². The molecule has 0 amide bonds. The molecule has 0 N–H and O–H groups in total. The summed E-state index contributed by atoms with van der Waals surface area (Å²) in [5.74, 6) is 0.757. The molecular weight excluding hydrogens is 539 g/mol. The number of nitrogens with zero attached hydrogens (tertiary/aromatic N) is 2. The predicted octanol–water partition coefficient (Wildman–Crippen LogP) is 4.13. The normalized spacial score (nSPS) is 15.2. The Morgan fingerprint density at radius 1 is 1.14 bits per heavy atom. The van der Waals surface area contributed by atoms with Crippen LogP contribution in [-0.2, 0) is 9.53 Å². The zero-order valence-electron chi connectivity index (χ0n) is 20.8. The van der Waals surface area contributed by atoms with Crippen LogP contribution in [-0.4, -0.2) is 38.5 Å². The van der Waals surface area contributed by atoms with Crippen molar-refractivity contribution in [3.63, 3.8) is 0 Å². The Morgan fingerprint density at radius 3 is 2.41 bits per heavy atom. The number of halogens is 2. The summed E-state index contributed by atoms with van der Waals surface area (Å²) in [5.41, 5.74) is 1.44. The van der Waals surface area contributed by atoms with E-state index in [4.69, 9.17) is 42.1 Å². The minimum atomic E-state index is -0.872. The van der Waals surface area contributed by atoms with Crippen LogP contribution in [0.3, 0.4) is 0 Å². The molecule has 194 valence electrons. The molecule has 11 heteroatoms. The molecule has 0 saturated heterocycles. The van der Waals surface area contributed by atoms with Gasteiger partial charge in [-0.15, -0.1) is 0 Å². The van der Waals surface area contributed by atoms with Gasteiger partial charge in [0.1, 0.15) is 6.04 Å². The maximum absolute atomic E-state index is 13.8. The van der Waals surface area contributed by atoms with Crippen molar-refractivity contribution in [2.24, 2.45) is 4.99 Å². The van der Waals surface area contributed by atoms with Crippen LogP contribution in [0.1, 0.15) is 31.0 Å². The van der Waals surface area contributed by atoms with Gasteiger partial charge in [-0.05, 0) is 43.7 Å². The van der Waals surface area contributed by atoms with E-state index < -0.39 is 12.0 Å². The monoisotopic (exact) mass is 562 g/mol. The molecule has 0 fully saturated rings. The Kier molecular flexibility index (Phi) is 7.96. The quantitative estimate of drug-likeness (QED) is 0.402. The van der Waals surface area contributed by atoms with Crippen molar-refractivity contribution in [2.75, 3.05) is 27.9 Å². The van der Waals surface area contributed by atoms with Crippen LogP contribution in [0.25, 0.3) is 6.08 Å². The molecule has 0 bridgehead atoms. The van der Waals surface area contributed by atoms with E-state index in [9.17, 15) is 9.59 Å². The molecule has 0 unspecified atom stereocenters. The molecule has 0 spiro atoms. The Morgan fingerprint density at radius 2 is 1.81 bits per heavy atom. The summed E-state index contributed by atoms with van der Waals surface area (Å²) in [6, 6.07) is 7.69. The average molecular weight is 563 g/mol. The van der Waals surface area contributed by atoms with Gasteiger partial charge in [0.25, 0.3) is 5.56 Å². The van der Waals surface area contributed by atoms with Crippen molar-refractivity contribution in [1.82, 2.24) is 4.57 Å². The third-order valence-electron chi connectivity index (χ3n) is 5.78. The second-order valence-corrected chi connectivity index (χ2v) is 9.70. The lowest BCUT2D eigenvalue weighted by Crippen LogP contribution is -2.40. The molecule has 8 nitrogen and oxygen atoms in total. The Bertz CT molecular complexity index is 1570. The fraction of sp³-hybridized carbons (Fsp3) is 0.269. The Balaban J connectivity index is 1.99. The van der Waals surface area contributed by atoms with Crippen molar-refractivity contribution in [3.05, 3.63) is 82.5 Å². The number of allylic oxidation sites excluding steroid dienone is 1. The molecule has 4 rings (SSSR count). The van der Waals surface area contributed by atoms with Crippen LogP contribution in [0.15, 0.2) is 51.4 Å². The first kappa shape index (κ1) is 26.8. The summed E-state index contributed by atoms with van der Waals surface area (Å²) < 4.78 is 23.4. The van der Waals surface area contributed by atoms with Crippen LogP contribution in [0.2, 0.25) is 10.0 Å². The van der Waals surface area contributed by atoms with Crippen LogP contribution in [0.5, 0.6) is 17.2 Å². The highest BCUT2D eigenvalue weighted by Crippen LogP contribution is 2.39. The zero-order chi connectivity index (χ0) is 26.9. The van der Waals surface area contributed by atoms with Crippen LogP contribution < -0.4 is 29.1 Å². The number of hydrogen-bond donors (Lipinski definition) is 0. The number of hydrogen-bond acceptors (Lipinski definition) is 8. The summed E-state index contributed by atoms with van der Waals surface area (Å²) in [7, 11) is 4.55. The highest BCUT2D eigenvalue weighted by Gasteiger charge is 2.34. The van der Waals surface area contributed by atoms with E-state index in [1.807, 2.05) is 0 Å². The molecule has 37 heavy (non-hydrogen) atoms. The van der Waals surface area contributed by atoms with Gasteiger partial charge in [0.05, 0.1) is 53.8 Å². The van der Waals surface area contributed by atoms with Crippen molar-refractivity contribution in [2.45, 2.75) is 19.9 Å². The van der Waals surface area contributed by atoms with Crippen LogP contribution in [0.4, 0.5) is 0 Å². The molecule has 1 aliphatic heterocycles. The van der Waals surface area contributed by atoms with E-state index in [0.29, 0.717) is 48.4 Å². The number of aromatic nitrogens is 1. The van der Waals surface area contributed by atoms with Gasteiger partial charge >= 0.3 is 5.97 Å². The van der Waals surface area contributed by atoms with Crippen LogP contribution in [0, 0.1) is 0 Å². The van der Waals surface area contributed by atoms with Crippen molar-refractivity contribution >= 4 is 46.6 Å². The molecule has 1 atom stereocenters. The number of rotatable bonds is 7. The van der Waals surface area contributed by atoms with Gasteiger partial charge in [-0.25, -0.2) is 9.79 Å². The summed E-state index contributed by atoms with van der Waals surface area (Å²) in [6.45, 7) is 3.58. The van der Waals surface area contributed by atoms with Gasteiger partial charge in [0.2, 0.25) is 5.75 Å². The molecule has 1 aromatic heterocycles. The second kappa shape index (κ2) is 11.0. The summed E-state index contributed by atoms with van der Waals surface area (Å²) in [5, 5.41) is 0.543. The molecule has 0 aliphatic carbocycles. The van der Waals surface area contributed by atoms with Crippen molar-refractivity contribution in [1.29, 1.82) is 0 Å². The fourth-order valence-corrected chi connectivity index (χ4v) is 5.61. The first-order valence-electron chi connectivity index (χ1n) is 11.2. The van der Waals surface area contributed by atoms with Gasteiger partial charge in [0, 0.05) is 5.56 Å². The van der Waals surface area contributed by atoms with Crippen molar-refractivity contribution in [3.8, 4) is 17.2 Å². The predicted molar refractivity (Wildman–Crippen MR) is 143 cm³/mol. The largest absolute Gasteiger partial charge is 0.493 e. The van der Waals surface area contributed by atoms with E-state index in [0.717, 1.165) is 0 Å². The molecular formula is C26H24Cl2N2O6S. The number of carbonyl (C=O) groups excluding carboxylic acids is 1. The van der Waals surface area contributed by atoms with E-state index >= 15 is 0 Å². The van der Waals surface area contributed by atoms with E-state index in [2.05, 4.69) is 4.99 Å². The molecule has 2 heterocycles. The standard InChI is InChI=1S/C26H24Cl2N2O6S/c1-6-36-25(32)20-13(2)29-26-30(22(20)15-8-7-9-16(27)21(15)28)24(31)19(37-26)12-14-10-17(33-3)23(35-5)18(11-14)34-4/h7-12,22H,6H2,1-5H3/b19-12-/t22-/m1/s1. The molecule has 1 aliphatic rings. The minimum absolute atomic E-state index is 0.164. The molecule has 0 radical (unpaired) electrons. The van der Waals surface area contributed by atoms with Gasteiger partial charge in [-0.2, -0.15) is 0 Å². The Labute approximate surface area is 227 Å². The maximum Gasteiger partial charge on any atom is 0.338 e. The van der Waals surface area contributed by atoms with Gasteiger partial charge in [0.15, 0.2) is 16.3 Å². The van der Waals surface area contributed by atoms with Gasteiger partial charge in [-0.1, -0.05) is 46.7 Å². The number of methoxy groups -OCH3 is 3. The summed E-state index contributed by atoms with van der Waals surface area (Å²) >= 11 is 14.1. The molecule has 2 aromatic carbocycles. The van der Waals surface area contributed by atoms with Crippen LogP contribution >= 0.6 is 34.5 Å². The zero-order valence-corrected chi connectivity index (χ0v) is 23.1. The molecule has 0 saturated carbocycles. The number of thiazole rings is 1. The first-order valence-corrected chi connectivity index (χ1v) is 12.8. The highest BCUT2D eigenvalue weighted by molar-refractivity contribution is 7.07. The SMILES string of the molecule is CCOC(=O)C1=C(C)N=c2s/c(=C\c3cc(OC)c(OC)c(OC)c3)c(=O)n2[C@@H]1c1cccc(Cl)c1Cl. The summed E-state index contributed by atoms with van der Waals surface area (Å²) in [4.78, 5) is 31.8. The lowest BCUT2D eigenvalue weighted by molar-refractivity contribution is -0.139. The van der Waals surface area contributed by atoms with E-state index in [1.54, 1.807) is 50.3 Å². The van der Waals surface area contributed by atoms with Crippen molar-refractivity contribution < 1.29 is 23.7 Å². The number of benzene rings is 2. The fourth-order valence-electron chi connectivity index (χ4n) is 4.15. The third-order valence-corrected chi connectivity index (χ3v) is 7.59. The Hall–Kier alpha value is -3.27. The molecule has 3 aromatic rings. The number of esters is 1. The maximum atomic E-state index is 13.8. The third kappa shape index (κ3) is 4.86. The topological polar surface area (TPSA) is 88.4 Å². The number of carbonyl (C=O) groups is 1. The van der Waals surface area contributed by atoms with Gasteiger partial charge in [-0.3, -0.25) is 9.36 Å². The number of ether oxygens (including phenoxy) is 4. The first-order chi connectivity index (χ1) is 17.7. The average Bonchev–Trinajstić information content (AvgIpc) is 3.18. The smallest absolute Gasteiger partial charge is 0.338 e. The lowest BCUT2D eigenvalue weighted by Gasteiger charge is -2.25.